The van der Waals surface area contributed by atoms with E-state index in [1.807, 2.05) is 0 Å². The van der Waals surface area contributed by atoms with Crippen LogP contribution in [0, 0.1) is 0 Å². The number of nitrogens with one attached hydrogen (secondary N) is 2. The standard InChI is InChI=1S/C22H25N3O8S/c23-21(26)7-4-16(22(27)24-14-2-5-17-19(12-14)31-9-1-8-30-17)25-34(28,29)15-3-6-18-20(13-15)33-11-10-32-18/h2-3,5-6,12-13,16,25H,1,4,7-11H2,(H2,23,26)(H,24,27)/t16-/m0/s1. The van der Waals surface area contributed by atoms with E-state index in [0.717, 1.165) is 6.42 Å². The van der Waals surface area contributed by atoms with E-state index >= 15 is 0 Å². The maximum absolute atomic E-state index is 13.0. The van der Waals surface area contributed by atoms with Crippen molar-refractivity contribution in [2.75, 3.05) is 31.7 Å². The normalized spacial score (nSPS) is 15.6. The smallest absolute Gasteiger partial charge is 0.242 e. The zero-order valence-corrected chi connectivity index (χ0v) is 19.1. The molecule has 2 heterocycles. The molecule has 2 aliphatic rings. The summed E-state index contributed by atoms with van der Waals surface area (Å²) >= 11 is 0. The lowest BCUT2D eigenvalue weighted by Gasteiger charge is -2.21. The highest BCUT2D eigenvalue weighted by atomic mass is 32.2. The third-order valence-electron chi connectivity index (χ3n) is 5.13. The molecule has 4 rings (SSSR count). The summed E-state index contributed by atoms with van der Waals surface area (Å²) in [6.45, 7) is 1.66. The van der Waals surface area contributed by atoms with Crippen LogP contribution in [-0.4, -0.2) is 52.7 Å². The highest BCUT2D eigenvalue weighted by molar-refractivity contribution is 7.89. The first-order chi connectivity index (χ1) is 16.3. The van der Waals surface area contributed by atoms with Gasteiger partial charge in [0.1, 0.15) is 19.3 Å². The Morgan fingerprint density at radius 1 is 0.882 bits per heavy atom. The molecule has 0 aliphatic carbocycles. The Balaban J connectivity index is 1.52. The first-order valence-corrected chi connectivity index (χ1v) is 12.2. The molecule has 0 radical (unpaired) electrons. The molecule has 0 saturated heterocycles. The minimum Gasteiger partial charge on any atom is -0.490 e. The van der Waals surface area contributed by atoms with Crippen LogP contribution in [0.2, 0.25) is 0 Å². The van der Waals surface area contributed by atoms with Crippen LogP contribution in [0.3, 0.4) is 0 Å². The van der Waals surface area contributed by atoms with Crippen LogP contribution in [0.1, 0.15) is 19.3 Å². The average molecular weight is 492 g/mol. The molecule has 0 bridgehead atoms. The van der Waals surface area contributed by atoms with Gasteiger partial charge in [0.25, 0.3) is 0 Å². The number of carbonyl (C=O) groups is 2. The number of nitrogens with two attached hydrogens (primary N) is 1. The predicted molar refractivity (Wildman–Crippen MR) is 121 cm³/mol. The Morgan fingerprint density at radius 2 is 1.50 bits per heavy atom. The largest absolute Gasteiger partial charge is 0.490 e. The number of anilines is 1. The van der Waals surface area contributed by atoms with Gasteiger partial charge in [-0.05, 0) is 30.7 Å². The Morgan fingerprint density at radius 3 is 2.24 bits per heavy atom. The van der Waals surface area contributed by atoms with Gasteiger partial charge in [-0.15, -0.1) is 0 Å². The number of amides is 2. The topological polar surface area (TPSA) is 155 Å². The third-order valence-corrected chi connectivity index (χ3v) is 6.60. The summed E-state index contributed by atoms with van der Waals surface area (Å²) in [5.74, 6) is 0.437. The van der Waals surface area contributed by atoms with Crippen molar-refractivity contribution >= 4 is 27.5 Å². The lowest BCUT2D eigenvalue weighted by molar-refractivity contribution is -0.119. The van der Waals surface area contributed by atoms with Gasteiger partial charge >= 0.3 is 0 Å². The fraction of sp³-hybridized carbons (Fsp3) is 0.364. The molecule has 12 heteroatoms. The van der Waals surface area contributed by atoms with Crippen LogP contribution < -0.4 is 34.7 Å². The van der Waals surface area contributed by atoms with Crippen LogP contribution in [0.5, 0.6) is 23.0 Å². The van der Waals surface area contributed by atoms with Gasteiger partial charge in [0.15, 0.2) is 23.0 Å². The lowest BCUT2D eigenvalue weighted by Crippen LogP contribution is -2.44. The van der Waals surface area contributed by atoms with Gasteiger partial charge < -0.3 is 30.0 Å². The van der Waals surface area contributed by atoms with Crippen molar-refractivity contribution in [1.82, 2.24) is 4.72 Å². The maximum Gasteiger partial charge on any atom is 0.242 e. The number of sulfonamides is 1. The zero-order chi connectivity index (χ0) is 24.1. The maximum atomic E-state index is 13.0. The molecule has 0 spiro atoms. The average Bonchev–Trinajstić information content (AvgIpc) is 3.06. The monoisotopic (exact) mass is 491 g/mol. The Labute approximate surface area is 196 Å². The van der Waals surface area contributed by atoms with Crippen molar-refractivity contribution in [1.29, 1.82) is 0 Å². The highest BCUT2D eigenvalue weighted by Crippen LogP contribution is 2.33. The molecular formula is C22H25N3O8S. The number of rotatable bonds is 8. The molecule has 0 aromatic heterocycles. The summed E-state index contributed by atoms with van der Waals surface area (Å²) in [5, 5.41) is 2.66. The third kappa shape index (κ3) is 5.69. The minimum absolute atomic E-state index is 0.107. The SMILES string of the molecule is NC(=O)CC[C@H](NS(=O)(=O)c1ccc2c(c1)OCCO2)C(=O)Nc1ccc2c(c1)OCCCO2. The number of carbonyl (C=O) groups excluding carboxylic acids is 2. The Kier molecular flexibility index (Phi) is 7.08. The molecule has 2 aromatic carbocycles. The number of hydrogen-bond donors (Lipinski definition) is 3. The quantitative estimate of drug-likeness (QED) is 0.497. The molecule has 34 heavy (non-hydrogen) atoms. The van der Waals surface area contributed by atoms with E-state index in [0.29, 0.717) is 55.1 Å². The number of hydrogen-bond acceptors (Lipinski definition) is 8. The second kappa shape index (κ2) is 10.2. The molecule has 0 saturated carbocycles. The van der Waals surface area contributed by atoms with E-state index in [2.05, 4.69) is 10.0 Å². The first-order valence-electron chi connectivity index (χ1n) is 10.7. The molecule has 182 valence electrons. The van der Waals surface area contributed by atoms with E-state index in [-0.39, 0.29) is 17.7 Å². The van der Waals surface area contributed by atoms with Crippen LogP contribution in [0.15, 0.2) is 41.3 Å². The summed E-state index contributed by atoms with van der Waals surface area (Å²) in [6, 6.07) is 7.77. The molecule has 4 N–H and O–H groups in total. The van der Waals surface area contributed by atoms with Crippen molar-refractivity contribution in [3.63, 3.8) is 0 Å². The van der Waals surface area contributed by atoms with E-state index in [1.54, 1.807) is 18.2 Å². The number of primary amides is 1. The van der Waals surface area contributed by atoms with Crippen molar-refractivity contribution in [3.05, 3.63) is 36.4 Å². The Hall–Kier alpha value is -3.51. The van der Waals surface area contributed by atoms with Crippen molar-refractivity contribution in [2.24, 2.45) is 5.73 Å². The van der Waals surface area contributed by atoms with E-state index in [9.17, 15) is 18.0 Å². The second-order valence-electron chi connectivity index (χ2n) is 7.69. The van der Waals surface area contributed by atoms with Crippen molar-refractivity contribution in [3.8, 4) is 23.0 Å². The fourth-order valence-corrected chi connectivity index (χ4v) is 4.69. The Bertz CT molecular complexity index is 1180. The van der Waals surface area contributed by atoms with Crippen LogP contribution in [-0.2, 0) is 19.6 Å². The van der Waals surface area contributed by atoms with Crippen LogP contribution >= 0.6 is 0 Å². The fourth-order valence-electron chi connectivity index (χ4n) is 3.45. The summed E-state index contributed by atoms with van der Waals surface area (Å²) in [6.07, 6.45) is 0.408. The molecule has 1 atom stereocenters. The molecule has 0 fully saturated rings. The molecule has 0 unspecified atom stereocenters. The van der Waals surface area contributed by atoms with Crippen LogP contribution in [0.4, 0.5) is 5.69 Å². The van der Waals surface area contributed by atoms with Gasteiger partial charge in [-0.1, -0.05) is 0 Å². The van der Waals surface area contributed by atoms with E-state index in [4.69, 9.17) is 24.7 Å². The number of ether oxygens (including phenoxy) is 4. The number of fused-ring (bicyclic) bond motifs is 2. The zero-order valence-electron chi connectivity index (χ0n) is 18.2. The summed E-state index contributed by atoms with van der Waals surface area (Å²) in [5.41, 5.74) is 5.61. The van der Waals surface area contributed by atoms with E-state index < -0.39 is 27.9 Å². The van der Waals surface area contributed by atoms with E-state index in [1.165, 1.54) is 18.2 Å². The van der Waals surface area contributed by atoms with Gasteiger partial charge in [0.2, 0.25) is 21.8 Å². The minimum atomic E-state index is -4.14. The number of benzene rings is 2. The highest BCUT2D eigenvalue weighted by Gasteiger charge is 2.28. The van der Waals surface area contributed by atoms with Gasteiger partial charge in [-0.2, -0.15) is 4.72 Å². The first kappa shape index (κ1) is 23.6. The molecule has 2 aliphatic heterocycles. The lowest BCUT2D eigenvalue weighted by atomic mass is 10.1. The van der Waals surface area contributed by atoms with Gasteiger partial charge in [-0.25, -0.2) is 8.42 Å². The molecule has 2 amide bonds. The summed E-state index contributed by atoms with van der Waals surface area (Å²) < 4.78 is 50.5. The van der Waals surface area contributed by atoms with Gasteiger partial charge in [0.05, 0.1) is 18.1 Å². The molecule has 11 nitrogen and oxygen atoms in total. The van der Waals surface area contributed by atoms with Crippen molar-refractivity contribution in [2.45, 2.75) is 30.2 Å². The summed E-state index contributed by atoms with van der Waals surface area (Å²) in [4.78, 5) is 24.2. The molecular weight excluding hydrogens is 466 g/mol. The van der Waals surface area contributed by atoms with Crippen molar-refractivity contribution < 1.29 is 37.0 Å². The van der Waals surface area contributed by atoms with Gasteiger partial charge in [0, 0.05) is 30.7 Å². The van der Waals surface area contributed by atoms with Crippen LogP contribution in [0.25, 0.3) is 0 Å². The second-order valence-corrected chi connectivity index (χ2v) is 9.40. The van der Waals surface area contributed by atoms with Gasteiger partial charge in [-0.3, -0.25) is 9.59 Å². The summed E-state index contributed by atoms with van der Waals surface area (Å²) in [7, 11) is -4.14. The molecule has 2 aromatic rings. The predicted octanol–water partition coefficient (Wildman–Crippen LogP) is 1.17.